The van der Waals surface area contributed by atoms with Crippen LogP contribution in [0.3, 0.4) is 0 Å². The summed E-state index contributed by atoms with van der Waals surface area (Å²) in [5.41, 5.74) is 3.22. The standard InChI is InChI=1S/C36H46N4O9S/c1-39(26-30-8-4-2-5-9-30,27-31-10-14-33(15-11-31)37(43)44)21-23-47-36(42)49-29-48-35(41)18-24-50-25-22-40(19-6-3-7-20-40)28-32-12-16-34(17-13-32)38(45)46/h2,4-5,8-17H,3,6-7,18-29H2,1H3/q+2. The molecular weight excluding hydrogens is 664 g/mol. The zero-order valence-electron chi connectivity index (χ0n) is 28.5. The Labute approximate surface area is 296 Å². The Morgan fingerprint density at radius 2 is 1.34 bits per heavy atom. The predicted octanol–water partition coefficient (Wildman–Crippen LogP) is 6.63. The van der Waals surface area contributed by atoms with Crippen molar-refractivity contribution < 1.29 is 42.6 Å². The van der Waals surface area contributed by atoms with Crippen molar-refractivity contribution in [3.05, 3.63) is 116 Å². The molecule has 1 aliphatic heterocycles. The van der Waals surface area contributed by atoms with Gasteiger partial charge in [0.2, 0.25) is 6.79 Å². The van der Waals surface area contributed by atoms with Crippen LogP contribution in [0.25, 0.3) is 0 Å². The molecule has 0 radical (unpaired) electrons. The molecule has 1 atom stereocenters. The van der Waals surface area contributed by atoms with Gasteiger partial charge in [-0.1, -0.05) is 30.3 Å². The van der Waals surface area contributed by atoms with E-state index in [0.717, 1.165) is 65.9 Å². The maximum atomic E-state index is 12.3. The van der Waals surface area contributed by atoms with Crippen molar-refractivity contribution in [3.63, 3.8) is 0 Å². The Kier molecular flexibility index (Phi) is 14.6. The lowest BCUT2D eigenvalue weighted by Gasteiger charge is -2.41. The molecule has 0 saturated carbocycles. The van der Waals surface area contributed by atoms with E-state index in [2.05, 4.69) is 0 Å². The van der Waals surface area contributed by atoms with Gasteiger partial charge in [-0.05, 0) is 43.5 Å². The Morgan fingerprint density at radius 1 is 0.760 bits per heavy atom. The number of hydrogen-bond donors (Lipinski definition) is 0. The molecule has 3 aromatic carbocycles. The molecule has 50 heavy (non-hydrogen) atoms. The van der Waals surface area contributed by atoms with Crippen molar-refractivity contribution in [2.45, 2.75) is 45.3 Å². The van der Waals surface area contributed by atoms with Crippen LogP contribution in [0.1, 0.15) is 42.4 Å². The van der Waals surface area contributed by atoms with Gasteiger partial charge in [0, 0.05) is 52.5 Å². The van der Waals surface area contributed by atoms with Gasteiger partial charge in [-0.25, -0.2) is 4.79 Å². The highest BCUT2D eigenvalue weighted by molar-refractivity contribution is 7.99. The first-order chi connectivity index (χ1) is 24.0. The van der Waals surface area contributed by atoms with Crippen molar-refractivity contribution in [1.82, 2.24) is 0 Å². The number of benzene rings is 3. The monoisotopic (exact) mass is 710 g/mol. The first-order valence-corrected chi connectivity index (χ1v) is 17.9. The van der Waals surface area contributed by atoms with Gasteiger partial charge in [0.15, 0.2) is 0 Å². The number of thioether (sulfide) groups is 1. The molecule has 268 valence electrons. The number of nitro groups is 2. The third-order valence-corrected chi connectivity index (χ3v) is 9.92. The van der Waals surface area contributed by atoms with Gasteiger partial charge in [-0.2, -0.15) is 11.8 Å². The third-order valence-electron chi connectivity index (χ3n) is 8.96. The van der Waals surface area contributed by atoms with E-state index in [-0.39, 0.29) is 29.3 Å². The third kappa shape index (κ3) is 12.7. The van der Waals surface area contributed by atoms with E-state index in [1.807, 2.05) is 49.5 Å². The van der Waals surface area contributed by atoms with Gasteiger partial charge in [0.25, 0.3) is 11.4 Å². The highest BCUT2D eigenvalue weighted by atomic mass is 32.2. The number of likely N-dealkylation sites (tertiary alicyclic amines) is 1. The number of nitro benzene ring substituents is 2. The van der Waals surface area contributed by atoms with Crippen LogP contribution in [-0.4, -0.2) is 89.1 Å². The highest BCUT2D eigenvalue weighted by Crippen LogP contribution is 2.25. The van der Waals surface area contributed by atoms with Crippen LogP contribution in [0.4, 0.5) is 16.2 Å². The first-order valence-electron chi connectivity index (χ1n) is 16.8. The quantitative estimate of drug-likeness (QED) is 0.0332. The lowest BCUT2D eigenvalue weighted by atomic mass is 10.1. The molecule has 14 heteroatoms. The van der Waals surface area contributed by atoms with Crippen LogP contribution in [0.5, 0.6) is 0 Å². The van der Waals surface area contributed by atoms with Gasteiger partial charge in [-0.15, -0.1) is 0 Å². The zero-order valence-corrected chi connectivity index (χ0v) is 29.3. The summed E-state index contributed by atoms with van der Waals surface area (Å²) >= 11 is 1.68. The minimum atomic E-state index is -0.933. The van der Waals surface area contributed by atoms with E-state index in [0.29, 0.717) is 29.9 Å². The number of esters is 1. The summed E-state index contributed by atoms with van der Waals surface area (Å²) in [7, 11) is 2.02. The SMILES string of the molecule is C[N+](CCOC(=O)OCOC(=O)CCSCC[N+]1(Cc2ccc([N+](=O)[O-])cc2)CCCCC1)(Cc1ccccc1)Cc1ccc([N+](=O)[O-])cc1. The maximum absolute atomic E-state index is 12.3. The van der Waals surface area contributed by atoms with Crippen LogP contribution in [0.15, 0.2) is 78.9 Å². The Balaban J connectivity index is 1.14. The molecule has 0 aromatic heterocycles. The maximum Gasteiger partial charge on any atom is 0.511 e. The number of hydrogen-bond acceptors (Lipinski definition) is 10. The van der Waals surface area contributed by atoms with Crippen molar-refractivity contribution in [3.8, 4) is 0 Å². The fourth-order valence-corrected chi connectivity index (χ4v) is 7.31. The van der Waals surface area contributed by atoms with E-state index in [4.69, 9.17) is 14.2 Å². The van der Waals surface area contributed by atoms with Crippen molar-refractivity contribution in [1.29, 1.82) is 0 Å². The number of nitrogens with zero attached hydrogens (tertiary/aromatic N) is 4. The van der Waals surface area contributed by atoms with Crippen molar-refractivity contribution >= 4 is 35.3 Å². The van der Waals surface area contributed by atoms with Gasteiger partial charge >= 0.3 is 12.1 Å². The molecule has 0 aliphatic carbocycles. The fourth-order valence-electron chi connectivity index (χ4n) is 6.28. The molecule has 0 bridgehead atoms. The average Bonchev–Trinajstić information content (AvgIpc) is 3.09. The number of quaternary nitrogens is 2. The number of likely N-dealkylation sites (N-methyl/N-ethyl adjacent to an activating group) is 1. The predicted molar refractivity (Wildman–Crippen MR) is 189 cm³/mol. The van der Waals surface area contributed by atoms with Gasteiger partial charge < -0.3 is 23.2 Å². The van der Waals surface area contributed by atoms with Gasteiger partial charge in [0.05, 0.1) is 42.9 Å². The summed E-state index contributed by atoms with van der Waals surface area (Å²) in [5.74, 6) is 0.982. The lowest BCUT2D eigenvalue weighted by Crippen LogP contribution is -2.52. The summed E-state index contributed by atoms with van der Waals surface area (Å²) in [6.07, 6.45) is 2.77. The van der Waals surface area contributed by atoms with E-state index < -0.39 is 23.8 Å². The number of carbonyl (C=O) groups is 2. The van der Waals surface area contributed by atoms with E-state index >= 15 is 0 Å². The molecule has 13 nitrogen and oxygen atoms in total. The molecular formula is C36H46N4O9S+2. The Bertz CT molecular complexity index is 1550. The summed E-state index contributed by atoms with van der Waals surface area (Å²) in [4.78, 5) is 45.8. The number of carbonyl (C=O) groups excluding carboxylic acids is 2. The second-order valence-corrected chi connectivity index (χ2v) is 14.2. The molecule has 4 rings (SSSR count). The number of ether oxygens (including phenoxy) is 3. The number of rotatable bonds is 19. The van der Waals surface area contributed by atoms with E-state index in [1.54, 1.807) is 36.0 Å². The summed E-state index contributed by atoms with van der Waals surface area (Å²) in [6, 6.07) is 23.1. The molecule has 1 fully saturated rings. The van der Waals surface area contributed by atoms with Crippen LogP contribution in [0, 0.1) is 20.2 Å². The number of non-ortho nitro benzene ring substituents is 2. The first kappa shape index (κ1) is 38.3. The molecule has 1 aliphatic rings. The van der Waals surface area contributed by atoms with Crippen LogP contribution < -0.4 is 0 Å². The minimum Gasteiger partial charge on any atom is -0.428 e. The molecule has 0 amide bonds. The molecule has 1 saturated heterocycles. The van der Waals surface area contributed by atoms with Gasteiger partial charge in [0.1, 0.15) is 32.8 Å². The molecule has 1 heterocycles. The smallest absolute Gasteiger partial charge is 0.428 e. The molecule has 0 N–H and O–H groups in total. The topological polar surface area (TPSA) is 148 Å². The normalized spacial score (nSPS) is 15.0. The fraction of sp³-hybridized carbons (Fsp3) is 0.444. The van der Waals surface area contributed by atoms with Gasteiger partial charge in [-0.3, -0.25) is 25.0 Å². The summed E-state index contributed by atoms with van der Waals surface area (Å²) < 4.78 is 16.8. The Morgan fingerprint density at radius 3 is 1.94 bits per heavy atom. The minimum absolute atomic E-state index is 0.0252. The largest absolute Gasteiger partial charge is 0.511 e. The highest BCUT2D eigenvalue weighted by Gasteiger charge is 2.30. The zero-order chi connectivity index (χ0) is 35.8. The number of piperidine rings is 1. The second-order valence-electron chi connectivity index (χ2n) is 13.0. The van der Waals surface area contributed by atoms with E-state index in [1.165, 1.54) is 18.6 Å². The average molecular weight is 711 g/mol. The second kappa shape index (κ2) is 19.0. The lowest BCUT2D eigenvalue weighted by molar-refractivity contribution is -0.942. The summed E-state index contributed by atoms with van der Waals surface area (Å²) in [6.45, 7) is 5.09. The Hall–Kier alpha value is -4.53. The van der Waals surface area contributed by atoms with Crippen molar-refractivity contribution in [2.75, 3.05) is 58.1 Å². The van der Waals surface area contributed by atoms with E-state index in [9.17, 15) is 29.8 Å². The van der Waals surface area contributed by atoms with Crippen molar-refractivity contribution in [2.24, 2.45) is 0 Å². The van der Waals surface area contributed by atoms with Crippen LogP contribution >= 0.6 is 11.8 Å². The summed E-state index contributed by atoms with van der Waals surface area (Å²) in [5, 5.41) is 22.1. The molecule has 3 aromatic rings. The van der Waals surface area contributed by atoms with Crippen LogP contribution in [0.2, 0.25) is 0 Å². The molecule has 1 unspecified atom stereocenters. The molecule has 0 spiro atoms. The van der Waals surface area contributed by atoms with Crippen LogP contribution in [-0.2, 0) is 38.6 Å².